The number of aliphatic hydroxyl groups is 1. The summed E-state index contributed by atoms with van der Waals surface area (Å²) in [6.45, 7) is 13.9. The number of ether oxygens (including phenoxy) is 2. The van der Waals surface area contributed by atoms with Gasteiger partial charge >= 0.3 is 12.0 Å². The van der Waals surface area contributed by atoms with E-state index in [-0.39, 0.29) is 62.7 Å². The first-order chi connectivity index (χ1) is 40.8. The number of nitrogens with one attached hydrogen (secondary N) is 4. The van der Waals surface area contributed by atoms with E-state index in [4.69, 9.17) is 24.5 Å². The highest BCUT2D eigenvalue weighted by Crippen LogP contribution is 2.41. The van der Waals surface area contributed by atoms with E-state index in [9.17, 15) is 33.5 Å². The Morgan fingerprint density at radius 3 is 2.27 bits per heavy atom. The van der Waals surface area contributed by atoms with Crippen LogP contribution in [0.5, 0.6) is 6.01 Å². The third-order valence-electron chi connectivity index (χ3n) is 16.6. The Labute approximate surface area is 497 Å². The van der Waals surface area contributed by atoms with Crippen molar-refractivity contribution in [1.29, 1.82) is 0 Å². The number of urea groups is 1. The predicted octanol–water partition coefficient (Wildman–Crippen LogP) is 6.92. The van der Waals surface area contributed by atoms with Gasteiger partial charge in [-0.15, -0.1) is 11.3 Å². The molecule has 5 N–H and O–H groups in total. The van der Waals surface area contributed by atoms with Gasteiger partial charge in [-0.2, -0.15) is 15.1 Å². The molecule has 448 valence electrons. The first-order valence-electron chi connectivity index (χ1n) is 29.3. The number of aliphatic hydroxyl groups excluding tert-OH is 1. The van der Waals surface area contributed by atoms with Crippen LogP contribution >= 0.6 is 11.3 Å². The zero-order chi connectivity index (χ0) is 59.6. The van der Waals surface area contributed by atoms with Crippen LogP contribution < -0.4 is 35.8 Å². The second kappa shape index (κ2) is 24.9. The van der Waals surface area contributed by atoms with E-state index in [0.717, 1.165) is 76.0 Å². The lowest BCUT2D eigenvalue weighted by Crippen LogP contribution is -2.61. The lowest BCUT2D eigenvalue weighted by molar-refractivity contribution is -0.145. The van der Waals surface area contributed by atoms with E-state index >= 15 is 0 Å². The first kappa shape index (κ1) is 58.7. The highest BCUT2D eigenvalue weighted by Gasteiger charge is 2.53. The Balaban J connectivity index is 0.660. The molecule has 0 unspecified atom stereocenters. The lowest BCUT2D eigenvalue weighted by atomic mass is 9.85. The zero-order valence-electron chi connectivity index (χ0n) is 48.6. The third kappa shape index (κ3) is 13.9. The first-order valence-corrected chi connectivity index (χ1v) is 30.2. The number of alkyl halides is 1. The number of anilines is 3. The summed E-state index contributed by atoms with van der Waals surface area (Å²) in [7, 11) is 0. The summed E-state index contributed by atoms with van der Waals surface area (Å²) in [5.74, 6) is -0.741. The van der Waals surface area contributed by atoms with Gasteiger partial charge in [-0.1, -0.05) is 68.8 Å². The molecule has 11 rings (SSSR count). The quantitative estimate of drug-likeness (QED) is 0.0587. The van der Waals surface area contributed by atoms with Gasteiger partial charge in [0.15, 0.2) is 11.5 Å². The van der Waals surface area contributed by atoms with Gasteiger partial charge in [0, 0.05) is 101 Å². The molecule has 21 nitrogen and oxygen atoms in total. The zero-order valence-corrected chi connectivity index (χ0v) is 49.4. The number of likely N-dealkylation sites (tertiary alicyclic amines) is 2. The van der Waals surface area contributed by atoms with Crippen molar-refractivity contribution >= 4 is 58.2 Å². The number of halogens is 1. The molecule has 3 aromatic heterocycles. The standard InChI is InChI=1S/C62H74FN13O8S/c1-38-7-6-8-42(31-38)49-21-26-76(71-49)52-33-51(73-27-29-83-30-28-73)68-60(69-52)84-47-19-24-72(25-20-47)45-15-13-43(14-16-45)65-59(82)66-44-34-74(35-44)53(78)18-17-48(40-9-11-41(12-10-40)54-39(2)64-37-85-54)67-56(79)50-32-46(77)36-75(50)57(80)55(61(3,4)5)70-58(81)62(63)22-23-62/h6-16,21,26,31,33,37,44,46-48,50,55,77H,17-20,22-25,27-30,32,34-36H2,1-5H3,(H,67,79)(H,70,81)(H2,65,66,82)/t46-,48+,50+,55-/m1/s1. The van der Waals surface area contributed by atoms with Crippen LogP contribution in [0.3, 0.4) is 0 Å². The van der Waals surface area contributed by atoms with Gasteiger partial charge in [0.25, 0.3) is 5.91 Å². The van der Waals surface area contributed by atoms with Crippen molar-refractivity contribution in [1.82, 2.24) is 50.5 Å². The van der Waals surface area contributed by atoms with Gasteiger partial charge in [0.2, 0.25) is 17.7 Å². The van der Waals surface area contributed by atoms with Gasteiger partial charge in [-0.25, -0.2) is 18.9 Å². The lowest BCUT2D eigenvalue weighted by Gasteiger charge is -2.39. The molecule has 6 aromatic rings. The number of hydrogen-bond acceptors (Lipinski definition) is 15. The van der Waals surface area contributed by atoms with Gasteiger partial charge in [-0.05, 0) is 86.1 Å². The van der Waals surface area contributed by atoms with Crippen molar-refractivity contribution in [2.75, 3.05) is 74.1 Å². The maximum atomic E-state index is 14.8. The Kier molecular flexibility index (Phi) is 17.2. The highest BCUT2D eigenvalue weighted by molar-refractivity contribution is 7.13. The van der Waals surface area contributed by atoms with Gasteiger partial charge in [0.05, 0.1) is 53.2 Å². The molecule has 7 heterocycles. The number of rotatable bonds is 18. The molecule has 0 spiro atoms. The molecule has 0 radical (unpaired) electrons. The van der Waals surface area contributed by atoms with E-state index in [2.05, 4.69) is 55.1 Å². The molecule has 85 heavy (non-hydrogen) atoms. The number of aryl methyl sites for hydroxylation is 2. The van der Waals surface area contributed by atoms with Gasteiger partial charge in [0.1, 0.15) is 24.0 Å². The number of piperidine rings is 1. The molecule has 4 aliphatic heterocycles. The van der Waals surface area contributed by atoms with Crippen LogP contribution in [0.1, 0.15) is 88.6 Å². The molecule has 0 bridgehead atoms. The highest BCUT2D eigenvalue weighted by atomic mass is 32.1. The van der Waals surface area contributed by atoms with Crippen LogP contribution in [0, 0.1) is 19.3 Å². The summed E-state index contributed by atoms with van der Waals surface area (Å²) in [5.41, 5.74) is 6.17. The Morgan fingerprint density at radius 2 is 1.59 bits per heavy atom. The predicted molar refractivity (Wildman–Crippen MR) is 320 cm³/mol. The number of amides is 6. The number of hydrogen-bond donors (Lipinski definition) is 5. The molecular weight excluding hydrogens is 1110 g/mol. The fourth-order valence-corrected chi connectivity index (χ4v) is 12.2. The fraction of sp³-hybridized carbons (Fsp3) is 0.468. The van der Waals surface area contributed by atoms with E-state index in [1.807, 2.05) is 85.9 Å². The number of β-amino-alcohol motifs (C(OH)–C–C–N with tert-alkyl or cyclic N) is 1. The Morgan fingerprint density at radius 1 is 0.859 bits per heavy atom. The van der Waals surface area contributed by atoms with Crippen LogP contribution in [0.2, 0.25) is 0 Å². The van der Waals surface area contributed by atoms with Crippen molar-refractivity contribution < 1.29 is 42.9 Å². The van der Waals surface area contributed by atoms with E-state index < -0.39 is 53.0 Å². The van der Waals surface area contributed by atoms with Crippen molar-refractivity contribution in [3.63, 3.8) is 0 Å². The molecule has 23 heteroatoms. The molecule has 1 saturated carbocycles. The van der Waals surface area contributed by atoms with E-state index in [1.54, 1.807) is 35.9 Å². The van der Waals surface area contributed by atoms with Crippen LogP contribution in [0.4, 0.5) is 26.4 Å². The Bertz CT molecular complexity index is 3380. The normalized spacial score (nSPS) is 19.6. The summed E-state index contributed by atoms with van der Waals surface area (Å²) in [5, 5.41) is 27.3. The number of thiazole rings is 1. The van der Waals surface area contributed by atoms with Crippen LogP contribution in [0.25, 0.3) is 27.5 Å². The summed E-state index contributed by atoms with van der Waals surface area (Å²) in [6, 6.07) is 24.3. The number of nitrogens with zero attached hydrogens (tertiary/aromatic N) is 9. The van der Waals surface area contributed by atoms with Gasteiger partial charge < -0.3 is 55.4 Å². The number of aromatic nitrogens is 5. The summed E-state index contributed by atoms with van der Waals surface area (Å²) < 4.78 is 28.7. The van der Waals surface area contributed by atoms with Gasteiger partial charge in [-0.3, -0.25) is 19.2 Å². The molecular formula is C62H74FN13O8S. The van der Waals surface area contributed by atoms with E-state index in [1.165, 1.54) is 16.2 Å². The Hall–Kier alpha value is -8.02. The second-order valence-electron chi connectivity index (χ2n) is 24.0. The summed E-state index contributed by atoms with van der Waals surface area (Å²) >= 11 is 1.52. The van der Waals surface area contributed by atoms with Crippen molar-refractivity contribution in [3.8, 4) is 33.5 Å². The minimum atomic E-state index is -2.01. The largest absolute Gasteiger partial charge is 0.460 e. The topological polar surface area (TPSA) is 242 Å². The smallest absolute Gasteiger partial charge is 0.320 e. The summed E-state index contributed by atoms with van der Waals surface area (Å²) in [6.07, 6.45) is 2.70. The number of carbonyl (C=O) groups excluding carboxylic acids is 5. The van der Waals surface area contributed by atoms with Crippen molar-refractivity contribution in [3.05, 3.63) is 113 Å². The fourth-order valence-electron chi connectivity index (χ4n) is 11.4. The maximum Gasteiger partial charge on any atom is 0.320 e. The van der Waals surface area contributed by atoms with E-state index in [0.29, 0.717) is 56.9 Å². The summed E-state index contributed by atoms with van der Waals surface area (Å²) in [4.78, 5) is 90.8. The van der Waals surface area contributed by atoms with Crippen LogP contribution in [-0.2, 0) is 23.9 Å². The molecule has 5 aliphatic rings. The number of carbonyl (C=O) groups is 5. The molecule has 3 aromatic carbocycles. The molecule has 6 amide bonds. The average Bonchev–Trinajstić information content (AvgIpc) is 2.69. The number of morpholine rings is 1. The van der Waals surface area contributed by atoms with Crippen molar-refractivity contribution in [2.24, 2.45) is 5.41 Å². The minimum Gasteiger partial charge on any atom is -0.460 e. The van der Waals surface area contributed by atoms with Crippen LogP contribution in [-0.4, -0.2) is 164 Å². The average molecular weight is 1180 g/mol. The van der Waals surface area contributed by atoms with Crippen LogP contribution in [0.15, 0.2) is 96.6 Å². The SMILES string of the molecule is Cc1cccc(-c2ccn(-c3cc(N4CCOCC4)nc(OC4CCN(c5ccc(NC(=O)NC6CN(C(=O)CC[C@H](NC(=O)[C@@H]7C[C@@H](O)CN7C(=O)[C@@H](NC(=O)C7(F)CC7)C(C)(C)C)c7ccc(-c8scnc8C)cc7)C6)cc5)CC4)n3)n2)c1. The maximum absolute atomic E-state index is 14.8. The second-order valence-corrected chi connectivity index (χ2v) is 24.9. The van der Waals surface area contributed by atoms with Crippen molar-refractivity contribution in [2.45, 2.75) is 122 Å². The monoisotopic (exact) mass is 1180 g/mol. The minimum absolute atomic E-state index is 0.0429. The number of benzene rings is 3. The molecule has 4 saturated heterocycles. The molecule has 5 fully saturated rings. The molecule has 1 aliphatic carbocycles. The molecule has 4 atom stereocenters. The third-order valence-corrected chi connectivity index (χ3v) is 17.5.